The van der Waals surface area contributed by atoms with Crippen molar-refractivity contribution < 1.29 is 14.5 Å². The zero-order chi connectivity index (χ0) is 18.3. The smallest absolute Gasteiger partial charge is 0.311 e. The van der Waals surface area contributed by atoms with E-state index in [0.717, 1.165) is 38.5 Å². The molecule has 4 aliphatic rings. The molecule has 0 aromatic rings. The number of rotatable bonds is 0. The summed E-state index contributed by atoms with van der Waals surface area (Å²) in [6.45, 7) is 0.836. The first-order valence-corrected chi connectivity index (χ1v) is 10.2. The van der Waals surface area contributed by atoms with E-state index in [1.807, 2.05) is 0 Å². The Morgan fingerprint density at radius 1 is 0.808 bits per heavy atom. The van der Waals surface area contributed by atoms with Crippen molar-refractivity contribution in [1.82, 2.24) is 0 Å². The lowest BCUT2D eigenvalue weighted by atomic mass is 9.80. The van der Waals surface area contributed by atoms with E-state index < -0.39 is 22.2 Å². The molecule has 2 atom stereocenters. The molecule has 2 aliphatic carbocycles. The molecule has 2 spiro atoms. The molecule has 0 amide bonds. The molecule has 0 bridgehead atoms. The molecule has 6 heteroatoms. The summed E-state index contributed by atoms with van der Waals surface area (Å²) in [6, 6.07) is 4.98. The first-order valence-electron chi connectivity index (χ1n) is 10.2. The average molecular weight is 357 g/mol. The van der Waals surface area contributed by atoms with Gasteiger partial charge in [0.2, 0.25) is 0 Å². The Bertz CT molecular complexity index is 673. The van der Waals surface area contributed by atoms with Crippen LogP contribution in [0.15, 0.2) is 0 Å². The van der Waals surface area contributed by atoms with Crippen molar-refractivity contribution in [2.75, 3.05) is 13.2 Å². The van der Waals surface area contributed by atoms with Crippen LogP contribution in [0.3, 0.4) is 0 Å². The topological polar surface area (TPSA) is 106 Å². The number of nitriles is 2. The van der Waals surface area contributed by atoms with Crippen LogP contribution in [-0.2, 0) is 9.47 Å². The van der Waals surface area contributed by atoms with Gasteiger partial charge in [-0.3, -0.25) is 5.73 Å². The summed E-state index contributed by atoms with van der Waals surface area (Å²) in [5.74, 6) is -0.880. The molecule has 1 saturated heterocycles. The van der Waals surface area contributed by atoms with E-state index in [0.29, 0.717) is 19.0 Å². The number of ether oxygens (including phenoxy) is 2. The van der Waals surface area contributed by atoms with Gasteiger partial charge < -0.3 is 9.47 Å². The zero-order valence-corrected chi connectivity index (χ0v) is 15.5. The molecule has 0 radical (unpaired) electrons. The fourth-order valence-electron chi connectivity index (χ4n) is 6.26. The van der Waals surface area contributed by atoms with Gasteiger partial charge in [0.1, 0.15) is 0 Å². The van der Waals surface area contributed by atoms with Crippen molar-refractivity contribution >= 4 is 5.84 Å². The van der Waals surface area contributed by atoms with Gasteiger partial charge in [-0.05, 0) is 12.8 Å². The monoisotopic (exact) mass is 357 g/mol. The molecule has 0 aromatic carbocycles. The van der Waals surface area contributed by atoms with Crippen molar-refractivity contribution in [2.24, 2.45) is 22.0 Å². The van der Waals surface area contributed by atoms with Gasteiger partial charge in [-0.15, -0.1) is 0 Å². The Labute approximate surface area is 155 Å². The number of hydrogen-bond donors (Lipinski definition) is 2. The fraction of sp³-hybridized carbons (Fsp3) is 0.850. The highest BCUT2D eigenvalue weighted by Crippen LogP contribution is 2.85. The van der Waals surface area contributed by atoms with E-state index in [2.05, 4.69) is 17.1 Å². The second-order valence-corrected chi connectivity index (χ2v) is 8.34. The van der Waals surface area contributed by atoms with Crippen LogP contribution in [0.25, 0.3) is 0 Å². The molecule has 140 valence electrons. The van der Waals surface area contributed by atoms with E-state index in [4.69, 9.17) is 15.2 Å². The van der Waals surface area contributed by atoms with E-state index in [-0.39, 0.29) is 0 Å². The third kappa shape index (κ3) is 1.85. The second kappa shape index (κ2) is 6.22. The van der Waals surface area contributed by atoms with Gasteiger partial charge in [0.25, 0.3) is 5.84 Å². The van der Waals surface area contributed by atoms with Crippen LogP contribution in [0.5, 0.6) is 0 Å². The van der Waals surface area contributed by atoms with Crippen LogP contribution in [0, 0.1) is 38.9 Å². The van der Waals surface area contributed by atoms with Crippen LogP contribution in [-0.4, -0.2) is 25.0 Å². The molecular formula is C20H29N4O2+. The van der Waals surface area contributed by atoms with Crippen molar-refractivity contribution in [3.8, 4) is 12.1 Å². The predicted molar refractivity (Wildman–Crippen MR) is 94.1 cm³/mol. The summed E-state index contributed by atoms with van der Waals surface area (Å²) < 4.78 is 11.9. The standard InChI is InChI=1S/C20H28N4O2/c21-14-18-16(23)24-20(25-12-13-26-20)19(18,15-22)17(18)10-8-6-4-2-1-3-5-7-9-11-17/h1-13H2,(H2,23,24)/p+1/t18-,19+/m1/s1. The molecule has 26 heavy (non-hydrogen) atoms. The summed E-state index contributed by atoms with van der Waals surface area (Å²) >= 11 is 0. The molecule has 3 N–H and O–H groups in total. The number of amidine groups is 1. The van der Waals surface area contributed by atoms with E-state index in [1.54, 1.807) is 0 Å². The lowest BCUT2D eigenvalue weighted by Gasteiger charge is -2.29. The fourth-order valence-corrected chi connectivity index (χ4v) is 6.26. The highest BCUT2D eigenvalue weighted by molar-refractivity contribution is 5.95. The Morgan fingerprint density at radius 2 is 1.31 bits per heavy atom. The molecule has 2 saturated carbocycles. The molecule has 2 aliphatic heterocycles. The number of fused-ring (bicyclic) bond motifs is 4. The molecule has 4 rings (SSSR count). The summed E-state index contributed by atoms with van der Waals surface area (Å²) in [7, 11) is 0. The highest BCUT2D eigenvalue weighted by atomic mass is 16.8. The van der Waals surface area contributed by atoms with Crippen LogP contribution in [0.1, 0.15) is 70.6 Å². The Balaban J connectivity index is 1.74. The quantitative estimate of drug-likeness (QED) is 0.683. The summed E-state index contributed by atoms with van der Waals surface area (Å²) in [6.07, 6.45) is 12.4. The van der Waals surface area contributed by atoms with Crippen molar-refractivity contribution in [2.45, 2.75) is 76.5 Å². The van der Waals surface area contributed by atoms with E-state index in [1.165, 1.54) is 32.1 Å². The highest BCUT2D eigenvalue weighted by Gasteiger charge is 3.03. The molecular weight excluding hydrogens is 328 g/mol. The maximum Gasteiger partial charge on any atom is 0.343 e. The maximum atomic E-state index is 10.3. The second-order valence-electron chi connectivity index (χ2n) is 8.34. The first-order chi connectivity index (χ1) is 12.7. The molecule has 2 heterocycles. The molecule has 0 aromatic heterocycles. The van der Waals surface area contributed by atoms with Gasteiger partial charge in [0, 0.05) is 5.41 Å². The van der Waals surface area contributed by atoms with Crippen LogP contribution >= 0.6 is 0 Å². The largest absolute Gasteiger partial charge is 0.343 e. The minimum absolute atomic E-state index is 0.371. The average Bonchev–Trinajstić information content (AvgIpc) is 2.87. The normalized spacial score (nSPS) is 38.5. The number of hydrogen-bond acceptors (Lipinski definition) is 5. The third-order valence-corrected chi connectivity index (χ3v) is 7.37. The lowest BCUT2D eigenvalue weighted by molar-refractivity contribution is -0.678. The number of nitrogens with one attached hydrogen (secondary N) is 1. The van der Waals surface area contributed by atoms with Crippen molar-refractivity contribution in [1.29, 1.82) is 10.5 Å². The van der Waals surface area contributed by atoms with Crippen LogP contribution in [0.2, 0.25) is 0 Å². The van der Waals surface area contributed by atoms with E-state index >= 15 is 0 Å². The van der Waals surface area contributed by atoms with Crippen molar-refractivity contribution in [3.63, 3.8) is 0 Å². The van der Waals surface area contributed by atoms with E-state index in [9.17, 15) is 10.5 Å². The number of nitrogens with zero attached hydrogens (tertiary/aromatic N) is 2. The lowest BCUT2D eigenvalue weighted by Crippen LogP contribution is -2.90. The Hall–Kier alpha value is -1.63. The summed E-state index contributed by atoms with van der Waals surface area (Å²) in [5.41, 5.74) is 3.84. The van der Waals surface area contributed by atoms with Crippen molar-refractivity contribution in [3.05, 3.63) is 0 Å². The van der Waals surface area contributed by atoms with Gasteiger partial charge >= 0.3 is 5.91 Å². The van der Waals surface area contributed by atoms with Gasteiger partial charge in [-0.1, -0.05) is 57.8 Å². The minimum atomic E-state index is -1.25. The molecule has 0 unspecified atom stereocenters. The minimum Gasteiger partial charge on any atom is -0.311 e. The Kier molecular flexibility index (Phi) is 4.25. The number of nitrogens with two attached hydrogens (primary N) is 1. The van der Waals surface area contributed by atoms with Gasteiger partial charge in [-0.25, -0.2) is 4.99 Å². The first kappa shape index (κ1) is 17.8. The molecule has 3 fully saturated rings. The zero-order valence-electron chi connectivity index (χ0n) is 15.5. The maximum absolute atomic E-state index is 10.3. The molecule has 6 nitrogen and oxygen atoms in total. The van der Waals surface area contributed by atoms with Gasteiger partial charge in [-0.2, -0.15) is 10.5 Å². The predicted octanol–water partition coefficient (Wildman–Crippen LogP) is 1.46. The van der Waals surface area contributed by atoms with Crippen LogP contribution in [0.4, 0.5) is 0 Å². The summed E-state index contributed by atoms with van der Waals surface area (Å²) in [4.78, 5) is 3.08. The van der Waals surface area contributed by atoms with Crippen LogP contribution < -0.4 is 10.7 Å². The van der Waals surface area contributed by atoms with Gasteiger partial charge in [0.15, 0.2) is 10.8 Å². The summed E-state index contributed by atoms with van der Waals surface area (Å²) in [5, 5.41) is 20.6. The van der Waals surface area contributed by atoms with Gasteiger partial charge in [0.05, 0.1) is 25.4 Å². The SMILES string of the molecule is N#C[C@@]12C3([NH+]=C(N)[C@]1(C#N)C21CCCCCCCCCCC1)OCCO3. The third-order valence-electron chi connectivity index (χ3n) is 7.37. The Morgan fingerprint density at radius 3 is 1.77 bits per heavy atom.